The van der Waals surface area contributed by atoms with Crippen molar-refractivity contribution in [1.29, 1.82) is 0 Å². The second-order valence-electron chi connectivity index (χ2n) is 5.97. The van der Waals surface area contributed by atoms with Crippen molar-refractivity contribution in [2.24, 2.45) is 4.99 Å². The molecule has 2 aromatic rings. The molecule has 0 atom stereocenters. The van der Waals surface area contributed by atoms with Crippen LogP contribution >= 0.6 is 0 Å². The average Bonchev–Trinajstić information content (AvgIpc) is 2.55. The van der Waals surface area contributed by atoms with Crippen LogP contribution < -0.4 is 0 Å². The van der Waals surface area contributed by atoms with Crippen LogP contribution in [0, 0.1) is 6.92 Å². The van der Waals surface area contributed by atoms with E-state index in [1.807, 2.05) is 0 Å². The molecule has 0 saturated carbocycles. The summed E-state index contributed by atoms with van der Waals surface area (Å²) in [6.07, 6.45) is 4.03. The summed E-state index contributed by atoms with van der Waals surface area (Å²) in [5, 5.41) is 19.4. The lowest BCUT2D eigenvalue weighted by molar-refractivity contribution is 0.280. The predicted molar refractivity (Wildman–Crippen MR) is 93.3 cm³/mol. The Morgan fingerprint density at radius 3 is 2.52 bits per heavy atom. The number of aromatic nitrogens is 1. The second-order valence-corrected chi connectivity index (χ2v) is 5.97. The second kappa shape index (κ2) is 7.88. The van der Waals surface area contributed by atoms with Gasteiger partial charge in [0.25, 0.3) is 0 Å². The fraction of sp³-hybridized carbons (Fsp3) is 0.368. The van der Waals surface area contributed by atoms with Crippen LogP contribution in [0.2, 0.25) is 0 Å². The summed E-state index contributed by atoms with van der Waals surface area (Å²) in [6, 6.07) is 8.59. The lowest BCUT2D eigenvalue weighted by Crippen LogP contribution is -1.99. The van der Waals surface area contributed by atoms with Gasteiger partial charge < -0.3 is 10.2 Å². The summed E-state index contributed by atoms with van der Waals surface area (Å²) in [7, 11) is 0. The number of aliphatic hydroxyl groups excluding tert-OH is 1. The van der Waals surface area contributed by atoms with Crippen LogP contribution in [0.5, 0.6) is 5.75 Å². The molecule has 0 aliphatic carbocycles. The number of benzene rings is 1. The van der Waals surface area contributed by atoms with Gasteiger partial charge in [-0.1, -0.05) is 38.1 Å². The number of hydrogen-bond acceptors (Lipinski definition) is 4. The average molecular weight is 312 g/mol. The van der Waals surface area contributed by atoms with E-state index in [0.717, 1.165) is 6.42 Å². The van der Waals surface area contributed by atoms with Crippen molar-refractivity contribution in [1.82, 2.24) is 4.98 Å². The first-order valence-electron chi connectivity index (χ1n) is 7.90. The third kappa shape index (κ3) is 4.39. The molecule has 0 unspecified atom stereocenters. The van der Waals surface area contributed by atoms with Gasteiger partial charge in [0.15, 0.2) is 0 Å². The number of aliphatic imine (C=N–C) groups is 1. The van der Waals surface area contributed by atoms with Gasteiger partial charge >= 0.3 is 0 Å². The zero-order valence-electron chi connectivity index (χ0n) is 14.0. The molecule has 1 heterocycles. The van der Waals surface area contributed by atoms with E-state index in [1.54, 1.807) is 19.3 Å². The molecule has 0 amide bonds. The molecule has 0 saturated heterocycles. The van der Waals surface area contributed by atoms with E-state index < -0.39 is 0 Å². The zero-order valence-corrected chi connectivity index (χ0v) is 14.0. The van der Waals surface area contributed by atoms with E-state index >= 15 is 0 Å². The SMILES string of the molecule is Cc1ncc(CO)c(C=NCCc2ccc(C(C)C)cc2)c1O. The van der Waals surface area contributed by atoms with Crippen molar-refractivity contribution in [3.63, 3.8) is 0 Å². The smallest absolute Gasteiger partial charge is 0.145 e. The van der Waals surface area contributed by atoms with Crippen molar-refractivity contribution < 1.29 is 10.2 Å². The highest BCUT2D eigenvalue weighted by molar-refractivity contribution is 5.85. The van der Waals surface area contributed by atoms with Gasteiger partial charge in [0.2, 0.25) is 0 Å². The topological polar surface area (TPSA) is 65.7 Å². The number of nitrogens with zero attached hydrogens (tertiary/aromatic N) is 2. The third-order valence-corrected chi connectivity index (χ3v) is 3.92. The maximum Gasteiger partial charge on any atom is 0.145 e. The van der Waals surface area contributed by atoms with Crippen LogP contribution in [0.25, 0.3) is 0 Å². The lowest BCUT2D eigenvalue weighted by Gasteiger charge is -2.07. The molecule has 4 nitrogen and oxygen atoms in total. The zero-order chi connectivity index (χ0) is 16.8. The van der Waals surface area contributed by atoms with Crippen LogP contribution in [0.3, 0.4) is 0 Å². The molecule has 4 heteroatoms. The number of hydrogen-bond donors (Lipinski definition) is 2. The fourth-order valence-electron chi connectivity index (χ4n) is 2.34. The van der Waals surface area contributed by atoms with Gasteiger partial charge in [-0.3, -0.25) is 9.98 Å². The maximum absolute atomic E-state index is 10.0. The highest BCUT2D eigenvalue weighted by Gasteiger charge is 2.08. The summed E-state index contributed by atoms with van der Waals surface area (Å²) >= 11 is 0. The van der Waals surface area contributed by atoms with Crippen molar-refractivity contribution in [3.05, 3.63) is 58.4 Å². The minimum atomic E-state index is -0.168. The molecular formula is C19H24N2O2. The normalized spacial score (nSPS) is 11.5. The van der Waals surface area contributed by atoms with Gasteiger partial charge in [0.1, 0.15) is 5.75 Å². The number of aryl methyl sites for hydroxylation is 1. The van der Waals surface area contributed by atoms with E-state index in [1.165, 1.54) is 11.1 Å². The molecule has 0 bridgehead atoms. The van der Waals surface area contributed by atoms with Crippen molar-refractivity contribution in [2.45, 2.75) is 39.7 Å². The van der Waals surface area contributed by atoms with Crippen LogP contribution in [0.15, 0.2) is 35.5 Å². The predicted octanol–water partition coefficient (Wildman–Crippen LogP) is 3.37. The molecule has 2 rings (SSSR count). The largest absolute Gasteiger partial charge is 0.505 e. The molecule has 0 radical (unpaired) electrons. The third-order valence-electron chi connectivity index (χ3n) is 3.92. The Morgan fingerprint density at radius 1 is 1.22 bits per heavy atom. The Balaban J connectivity index is 2.01. The van der Waals surface area contributed by atoms with Crippen LogP contribution in [0.4, 0.5) is 0 Å². The van der Waals surface area contributed by atoms with Gasteiger partial charge in [0, 0.05) is 30.1 Å². The minimum Gasteiger partial charge on any atom is -0.505 e. The molecule has 0 aliphatic heterocycles. The molecule has 1 aromatic carbocycles. The Kier molecular flexibility index (Phi) is 5.88. The summed E-state index contributed by atoms with van der Waals surface area (Å²) in [4.78, 5) is 8.42. The van der Waals surface area contributed by atoms with Crippen molar-refractivity contribution >= 4 is 6.21 Å². The Labute approximate surface area is 137 Å². The first-order chi connectivity index (χ1) is 11.0. The van der Waals surface area contributed by atoms with Crippen LogP contribution in [-0.4, -0.2) is 28.0 Å². The highest BCUT2D eigenvalue weighted by atomic mass is 16.3. The Morgan fingerprint density at radius 2 is 1.91 bits per heavy atom. The van der Waals surface area contributed by atoms with E-state index in [4.69, 9.17) is 0 Å². The number of pyridine rings is 1. The van der Waals surface area contributed by atoms with Crippen molar-refractivity contribution in [2.75, 3.05) is 6.54 Å². The molecule has 1 aromatic heterocycles. The molecule has 23 heavy (non-hydrogen) atoms. The first-order valence-corrected chi connectivity index (χ1v) is 7.90. The molecule has 0 aliphatic rings. The molecular weight excluding hydrogens is 288 g/mol. The van der Waals surface area contributed by atoms with E-state index in [2.05, 4.69) is 48.1 Å². The van der Waals surface area contributed by atoms with Crippen molar-refractivity contribution in [3.8, 4) is 5.75 Å². The summed E-state index contributed by atoms with van der Waals surface area (Å²) in [6.45, 7) is 6.55. The Bertz CT molecular complexity index is 677. The molecule has 0 fully saturated rings. The van der Waals surface area contributed by atoms with Gasteiger partial charge in [0.05, 0.1) is 12.3 Å². The van der Waals surface area contributed by atoms with E-state index in [-0.39, 0.29) is 12.4 Å². The molecule has 0 spiro atoms. The number of aromatic hydroxyl groups is 1. The Hall–Kier alpha value is -2.20. The van der Waals surface area contributed by atoms with E-state index in [9.17, 15) is 10.2 Å². The van der Waals surface area contributed by atoms with E-state index in [0.29, 0.717) is 29.3 Å². The van der Waals surface area contributed by atoms with Gasteiger partial charge in [-0.25, -0.2) is 0 Å². The first kappa shape index (κ1) is 17.2. The van der Waals surface area contributed by atoms with Crippen LogP contribution in [-0.2, 0) is 13.0 Å². The minimum absolute atomic E-state index is 0.0848. The maximum atomic E-state index is 10.0. The summed E-state index contributed by atoms with van der Waals surface area (Å²) in [5.41, 5.74) is 4.24. The summed E-state index contributed by atoms with van der Waals surface area (Å²) < 4.78 is 0. The lowest BCUT2D eigenvalue weighted by atomic mass is 10.0. The standard InChI is InChI=1S/C19H24N2O2/c1-13(2)16-6-4-15(5-7-16)8-9-20-11-18-17(12-22)10-21-14(3)19(18)23/h4-7,10-11,13,22-23H,8-9,12H2,1-3H3. The summed E-state index contributed by atoms with van der Waals surface area (Å²) in [5.74, 6) is 0.624. The fourth-order valence-corrected chi connectivity index (χ4v) is 2.34. The van der Waals surface area contributed by atoms with Gasteiger partial charge in [-0.15, -0.1) is 0 Å². The van der Waals surface area contributed by atoms with Crippen LogP contribution in [0.1, 0.15) is 47.7 Å². The monoisotopic (exact) mass is 312 g/mol. The molecule has 2 N–H and O–H groups in total. The van der Waals surface area contributed by atoms with Gasteiger partial charge in [-0.05, 0) is 30.4 Å². The number of aliphatic hydroxyl groups is 1. The van der Waals surface area contributed by atoms with Gasteiger partial charge in [-0.2, -0.15) is 0 Å². The molecule has 122 valence electrons. The number of rotatable bonds is 6. The highest BCUT2D eigenvalue weighted by Crippen LogP contribution is 2.22. The quantitative estimate of drug-likeness (QED) is 0.804.